The van der Waals surface area contributed by atoms with Gasteiger partial charge in [-0.15, -0.1) is 12.4 Å². The fraction of sp³-hybridized carbons (Fsp3) is 0.417. The van der Waals surface area contributed by atoms with Crippen molar-refractivity contribution in [1.29, 1.82) is 0 Å². The Labute approximate surface area is 122 Å². The average Bonchev–Trinajstić information content (AvgIpc) is 2.46. The molecule has 2 rings (SSSR count). The van der Waals surface area contributed by atoms with Crippen molar-refractivity contribution < 1.29 is 14.5 Å². The van der Waals surface area contributed by atoms with Crippen LogP contribution in [0.4, 0.5) is 5.69 Å². The molecule has 1 amide bonds. The molecule has 0 atom stereocenters. The lowest BCUT2D eigenvalue weighted by molar-refractivity contribution is -0.384. The molecule has 1 heterocycles. The number of nitrogens with zero attached hydrogens (tertiary/aromatic N) is 2. The molecule has 0 aromatic heterocycles. The summed E-state index contributed by atoms with van der Waals surface area (Å²) >= 11 is 0. The first-order valence-electron chi connectivity index (χ1n) is 5.96. The van der Waals surface area contributed by atoms with Gasteiger partial charge in [0.1, 0.15) is 5.75 Å². The van der Waals surface area contributed by atoms with Crippen molar-refractivity contribution in [2.75, 3.05) is 33.3 Å². The highest BCUT2D eigenvalue weighted by Crippen LogP contribution is 2.25. The van der Waals surface area contributed by atoms with Crippen molar-refractivity contribution >= 4 is 24.0 Å². The lowest BCUT2D eigenvalue weighted by Gasteiger charge is -2.27. The summed E-state index contributed by atoms with van der Waals surface area (Å²) in [6, 6.07) is 4.05. The van der Waals surface area contributed by atoms with E-state index in [-0.39, 0.29) is 29.6 Å². The maximum atomic E-state index is 12.3. The van der Waals surface area contributed by atoms with Gasteiger partial charge in [0.15, 0.2) is 0 Å². The minimum absolute atomic E-state index is 0. The SMILES string of the molecule is COc1ccc([N+](=O)[O-])cc1C(=O)N1CCNCC1.Cl. The monoisotopic (exact) mass is 301 g/mol. The van der Waals surface area contributed by atoms with Crippen LogP contribution in [0.1, 0.15) is 10.4 Å². The summed E-state index contributed by atoms with van der Waals surface area (Å²) in [4.78, 5) is 24.3. The van der Waals surface area contributed by atoms with Crippen molar-refractivity contribution in [2.24, 2.45) is 0 Å². The summed E-state index contributed by atoms with van der Waals surface area (Å²) in [6.07, 6.45) is 0. The quantitative estimate of drug-likeness (QED) is 0.667. The molecule has 1 N–H and O–H groups in total. The van der Waals surface area contributed by atoms with Gasteiger partial charge in [-0.1, -0.05) is 0 Å². The van der Waals surface area contributed by atoms with Crippen molar-refractivity contribution in [3.8, 4) is 5.75 Å². The average molecular weight is 302 g/mol. The number of rotatable bonds is 3. The van der Waals surface area contributed by atoms with Crippen molar-refractivity contribution in [3.05, 3.63) is 33.9 Å². The standard InChI is InChI=1S/C12H15N3O4.ClH/c1-19-11-3-2-9(15(17)18)8-10(11)12(16)14-6-4-13-5-7-14;/h2-3,8,13H,4-7H2,1H3;1H. The van der Waals surface area contributed by atoms with Crippen LogP contribution < -0.4 is 10.1 Å². The van der Waals surface area contributed by atoms with Gasteiger partial charge >= 0.3 is 0 Å². The minimum Gasteiger partial charge on any atom is -0.496 e. The third kappa shape index (κ3) is 3.37. The molecule has 1 saturated heterocycles. The molecular formula is C12H16ClN3O4. The highest BCUT2D eigenvalue weighted by atomic mass is 35.5. The van der Waals surface area contributed by atoms with Gasteiger partial charge in [0, 0.05) is 38.3 Å². The van der Waals surface area contributed by atoms with Crippen LogP contribution >= 0.6 is 12.4 Å². The van der Waals surface area contributed by atoms with Crippen LogP contribution in [-0.4, -0.2) is 49.0 Å². The topological polar surface area (TPSA) is 84.7 Å². The summed E-state index contributed by atoms with van der Waals surface area (Å²) in [5, 5.41) is 13.9. The molecule has 0 spiro atoms. The number of ether oxygens (including phenoxy) is 1. The predicted molar refractivity (Wildman–Crippen MR) is 75.7 cm³/mol. The summed E-state index contributed by atoms with van der Waals surface area (Å²) in [5.41, 5.74) is 0.123. The number of methoxy groups -OCH3 is 1. The maximum Gasteiger partial charge on any atom is 0.270 e. The first-order chi connectivity index (χ1) is 9.13. The van der Waals surface area contributed by atoms with Crippen LogP contribution in [0.15, 0.2) is 18.2 Å². The van der Waals surface area contributed by atoms with Crippen LogP contribution in [0.3, 0.4) is 0 Å². The van der Waals surface area contributed by atoms with Crippen LogP contribution in [0.5, 0.6) is 5.75 Å². The number of nitrogens with one attached hydrogen (secondary N) is 1. The van der Waals surface area contributed by atoms with Crippen LogP contribution in [-0.2, 0) is 0 Å². The number of benzene rings is 1. The second-order valence-electron chi connectivity index (χ2n) is 4.18. The van der Waals surface area contributed by atoms with E-state index >= 15 is 0 Å². The van der Waals surface area contributed by atoms with E-state index in [0.717, 1.165) is 13.1 Å². The molecular weight excluding hydrogens is 286 g/mol. The van der Waals surface area contributed by atoms with E-state index in [9.17, 15) is 14.9 Å². The maximum absolute atomic E-state index is 12.3. The van der Waals surface area contributed by atoms with E-state index in [0.29, 0.717) is 18.8 Å². The molecule has 7 nitrogen and oxygen atoms in total. The first-order valence-corrected chi connectivity index (χ1v) is 5.96. The highest BCUT2D eigenvalue weighted by molar-refractivity contribution is 5.97. The number of carbonyl (C=O) groups excluding carboxylic acids is 1. The Bertz CT molecular complexity index is 503. The Balaban J connectivity index is 0.00000200. The summed E-state index contributed by atoms with van der Waals surface area (Å²) < 4.78 is 5.11. The first kappa shape index (κ1) is 16.2. The zero-order chi connectivity index (χ0) is 13.8. The Morgan fingerprint density at radius 3 is 2.60 bits per heavy atom. The molecule has 0 aliphatic carbocycles. The molecule has 1 aromatic carbocycles. The molecule has 0 unspecified atom stereocenters. The van der Waals surface area contributed by atoms with Gasteiger partial charge in [0.2, 0.25) is 0 Å². The molecule has 0 saturated carbocycles. The van der Waals surface area contributed by atoms with Crippen molar-refractivity contribution in [2.45, 2.75) is 0 Å². The summed E-state index contributed by atoms with van der Waals surface area (Å²) in [6.45, 7) is 2.63. The smallest absolute Gasteiger partial charge is 0.270 e. The number of hydrogen-bond acceptors (Lipinski definition) is 5. The number of halogens is 1. The van der Waals surface area contributed by atoms with E-state index < -0.39 is 4.92 Å². The van der Waals surface area contributed by atoms with Gasteiger partial charge in [-0.05, 0) is 6.07 Å². The molecule has 1 aromatic rings. The van der Waals surface area contributed by atoms with Crippen LogP contribution in [0.25, 0.3) is 0 Å². The van der Waals surface area contributed by atoms with Gasteiger partial charge in [0.25, 0.3) is 11.6 Å². The largest absolute Gasteiger partial charge is 0.496 e. The van der Waals surface area contributed by atoms with E-state index in [4.69, 9.17) is 4.74 Å². The van der Waals surface area contributed by atoms with E-state index in [2.05, 4.69) is 5.32 Å². The van der Waals surface area contributed by atoms with Crippen molar-refractivity contribution in [3.63, 3.8) is 0 Å². The Kier molecular flexibility index (Phi) is 5.72. The number of nitro groups is 1. The number of nitro benzene ring substituents is 1. The third-order valence-electron chi connectivity index (χ3n) is 3.03. The van der Waals surface area contributed by atoms with E-state index in [1.807, 2.05) is 0 Å². The minimum atomic E-state index is -0.520. The van der Waals surface area contributed by atoms with Gasteiger partial charge < -0.3 is 15.0 Å². The zero-order valence-electron chi connectivity index (χ0n) is 11.0. The fourth-order valence-electron chi connectivity index (χ4n) is 2.01. The number of carbonyl (C=O) groups is 1. The number of piperazine rings is 1. The molecule has 8 heteroatoms. The second-order valence-corrected chi connectivity index (χ2v) is 4.18. The highest BCUT2D eigenvalue weighted by Gasteiger charge is 2.23. The van der Waals surface area contributed by atoms with Crippen LogP contribution in [0.2, 0.25) is 0 Å². The molecule has 1 fully saturated rings. The summed E-state index contributed by atoms with van der Waals surface area (Å²) in [5.74, 6) is 0.121. The normalized spacial score (nSPS) is 14.3. The van der Waals surface area contributed by atoms with E-state index in [1.54, 1.807) is 4.90 Å². The molecule has 1 aliphatic heterocycles. The Hall–Kier alpha value is -1.86. The molecule has 110 valence electrons. The zero-order valence-corrected chi connectivity index (χ0v) is 11.8. The van der Waals surface area contributed by atoms with Gasteiger partial charge in [-0.2, -0.15) is 0 Å². The number of amides is 1. The van der Waals surface area contributed by atoms with Crippen LogP contribution in [0, 0.1) is 10.1 Å². The van der Waals surface area contributed by atoms with Gasteiger partial charge in [-0.25, -0.2) is 0 Å². The van der Waals surface area contributed by atoms with Gasteiger partial charge in [0.05, 0.1) is 17.6 Å². The lowest BCUT2D eigenvalue weighted by atomic mass is 10.1. The Morgan fingerprint density at radius 2 is 2.05 bits per heavy atom. The van der Waals surface area contributed by atoms with Crippen molar-refractivity contribution in [1.82, 2.24) is 10.2 Å². The molecule has 0 radical (unpaired) electrons. The lowest BCUT2D eigenvalue weighted by Crippen LogP contribution is -2.46. The third-order valence-corrected chi connectivity index (χ3v) is 3.03. The second kappa shape index (κ2) is 7.06. The fourth-order valence-corrected chi connectivity index (χ4v) is 2.01. The molecule has 1 aliphatic rings. The number of hydrogen-bond donors (Lipinski definition) is 1. The number of non-ortho nitro benzene ring substituents is 1. The van der Waals surface area contributed by atoms with Gasteiger partial charge in [-0.3, -0.25) is 14.9 Å². The van der Waals surface area contributed by atoms with E-state index in [1.165, 1.54) is 25.3 Å². The predicted octanol–water partition coefficient (Wildman–Crippen LogP) is 1.07. The summed E-state index contributed by atoms with van der Waals surface area (Å²) in [7, 11) is 1.44. The Morgan fingerprint density at radius 1 is 1.40 bits per heavy atom. The molecule has 20 heavy (non-hydrogen) atoms. The molecule has 0 bridgehead atoms.